The molecule has 3 rings (SSSR count). The molecule has 2 atom stereocenters. The monoisotopic (exact) mass is 274 g/mol. The van der Waals surface area contributed by atoms with E-state index in [1.54, 1.807) is 11.3 Å². The second-order valence-corrected chi connectivity index (χ2v) is 5.66. The molecule has 3 nitrogen and oxygen atoms in total. The van der Waals surface area contributed by atoms with Crippen molar-refractivity contribution >= 4 is 11.3 Å². The lowest BCUT2D eigenvalue weighted by Crippen LogP contribution is -2.30. The van der Waals surface area contributed by atoms with Crippen LogP contribution in [0.25, 0.3) is 0 Å². The Bertz CT molecular complexity index is 527. The molecule has 1 aromatic carbocycles. The molecule has 4 heteroatoms. The first kappa shape index (κ1) is 12.7. The number of para-hydroxylation sites is 1. The highest BCUT2D eigenvalue weighted by atomic mass is 32.1. The van der Waals surface area contributed by atoms with Crippen LogP contribution in [0.1, 0.15) is 35.9 Å². The van der Waals surface area contributed by atoms with Crippen LogP contribution in [-0.4, -0.2) is 6.61 Å². The molecule has 0 amide bonds. The molecule has 0 fully saturated rings. The lowest BCUT2D eigenvalue weighted by molar-refractivity contribution is 0.255. The molecule has 0 aliphatic carbocycles. The fraction of sp³-hybridized carbons (Fsp3) is 0.333. The summed E-state index contributed by atoms with van der Waals surface area (Å²) >= 11 is 1.71. The minimum atomic E-state index is 0.211. The smallest absolute Gasteiger partial charge is 0.122 e. The third-order valence-electron chi connectivity index (χ3n) is 3.75. The van der Waals surface area contributed by atoms with Crippen LogP contribution < -0.4 is 16.0 Å². The van der Waals surface area contributed by atoms with Crippen LogP contribution in [0.4, 0.5) is 0 Å². The molecule has 2 heterocycles. The molecule has 0 bridgehead atoms. The molecule has 19 heavy (non-hydrogen) atoms. The zero-order chi connectivity index (χ0) is 13.1. The zero-order valence-electron chi connectivity index (χ0n) is 10.7. The maximum Gasteiger partial charge on any atom is 0.122 e. The number of nitrogens with one attached hydrogen (secondary N) is 1. The standard InChI is InChI=1S/C15H18N2OS/c16-17-14(12-6-8-19-10-12)9-11-5-7-18-15-4-2-1-3-13(11)15/h1-4,6,8,10-11,14,17H,5,7,9,16H2. The van der Waals surface area contributed by atoms with Crippen LogP contribution in [0.5, 0.6) is 5.75 Å². The molecule has 1 aliphatic rings. The number of fused-ring (bicyclic) bond motifs is 1. The summed E-state index contributed by atoms with van der Waals surface area (Å²) in [5.74, 6) is 7.26. The van der Waals surface area contributed by atoms with Crippen molar-refractivity contribution in [1.82, 2.24) is 5.43 Å². The largest absolute Gasteiger partial charge is 0.493 e. The van der Waals surface area contributed by atoms with Gasteiger partial charge in [0.2, 0.25) is 0 Å². The Morgan fingerprint density at radius 3 is 3.05 bits per heavy atom. The summed E-state index contributed by atoms with van der Waals surface area (Å²) in [6, 6.07) is 10.7. The van der Waals surface area contributed by atoms with Gasteiger partial charge in [0.25, 0.3) is 0 Å². The Labute approximate surface area is 117 Å². The molecular weight excluding hydrogens is 256 g/mol. The Kier molecular flexibility index (Phi) is 3.82. The molecular formula is C15H18N2OS. The van der Waals surface area contributed by atoms with E-state index in [1.807, 2.05) is 6.07 Å². The highest BCUT2D eigenvalue weighted by molar-refractivity contribution is 7.07. The Hall–Kier alpha value is -1.36. The fourth-order valence-corrected chi connectivity index (χ4v) is 3.43. The number of thiophene rings is 1. The van der Waals surface area contributed by atoms with Crippen molar-refractivity contribution in [3.63, 3.8) is 0 Å². The van der Waals surface area contributed by atoms with Crippen molar-refractivity contribution in [3.8, 4) is 5.75 Å². The summed E-state index contributed by atoms with van der Waals surface area (Å²) in [5.41, 5.74) is 5.53. The summed E-state index contributed by atoms with van der Waals surface area (Å²) in [6.07, 6.45) is 2.06. The second kappa shape index (κ2) is 5.74. The van der Waals surface area contributed by atoms with E-state index in [-0.39, 0.29) is 6.04 Å². The maximum atomic E-state index is 5.72. The SMILES string of the molecule is NNC(CC1CCOc2ccccc21)c1ccsc1. The van der Waals surface area contributed by atoms with Crippen LogP contribution in [0.15, 0.2) is 41.1 Å². The number of rotatable bonds is 4. The van der Waals surface area contributed by atoms with Gasteiger partial charge >= 0.3 is 0 Å². The summed E-state index contributed by atoms with van der Waals surface area (Å²) < 4.78 is 5.71. The van der Waals surface area contributed by atoms with E-state index in [0.717, 1.165) is 25.2 Å². The summed E-state index contributed by atoms with van der Waals surface area (Å²) in [5, 5.41) is 4.26. The van der Waals surface area contributed by atoms with E-state index >= 15 is 0 Å². The second-order valence-electron chi connectivity index (χ2n) is 4.88. The van der Waals surface area contributed by atoms with Gasteiger partial charge in [0.15, 0.2) is 0 Å². The number of ether oxygens (including phenoxy) is 1. The third-order valence-corrected chi connectivity index (χ3v) is 4.45. The highest BCUT2D eigenvalue weighted by Gasteiger charge is 2.24. The minimum Gasteiger partial charge on any atom is -0.493 e. The number of hydrogen-bond donors (Lipinski definition) is 2. The van der Waals surface area contributed by atoms with Gasteiger partial charge in [-0.2, -0.15) is 11.3 Å². The lowest BCUT2D eigenvalue weighted by Gasteiger charge is -2.28. The third kappa shape index (κ3) is 2.66. The van der Waals surface area contributed by atoms with Crippen LogP contribution in [0.3, 0.4) is 0 Å². The number of hydrazine groups is 1. The lowest BCUT2D eigenvalue weighted by atomic mass is 9.86. The fourth-order valence-electron chi connectivity index (χ4n) is 2.72. The molecule has 1 aromatic heterocycles. The van der Waals surface area contributed by atoms with E-state index in [9.17, 15) is 0 Å². The minimum absolute atomic E-state index is 0.211. The molecule has 0 spiro atoms. The van der Waals surface area contributed by atoms with Gasteiger partial charge in [-0.15, -0.1) is 0 Å². The highest BCUT2D eigenvalue weighted by Crippen LogP contribution is 2.38. The molecule has 1 aliphatic heterocycles. The van der Waals surface area contributed by atoms with E-state index in [2.05, 4.69) is 40.5 Å². The molecule has 0 saturated heterocycles. The Morgan fingerprint density at radius 2 is 2.26 bits per heavy atom. The summed E-state index contributed by atoms with van der Waals surface area (Å²) in [6.45, 7) is 0.794. The van der Waals surface area contributed by atoms with Gasteiger partial charge in [0.05, 0.1) is 6.61 Å². The van der Waals surface area contributed by atoms with Gasteiger partial charge in [-0.1, -0.05) is 18.2 Å². The summed E-state index contributed by atoms with van der Waals surface area (Å²) in [7, 11) is 0. The van der Waals surface area contributed by atoms with Gasteiger partial charge in [-0.25, -0.2) is 0 Å². The number of hydrogen-bond acceptors (Lipinski definition) is 4. The molecule has 0 radical (unpaired) electrons. The number of nitrogens with two attached hydrogens (primary N) is 1. The van der Waals surface area contributed by atoms with Gasteiger partial charge < -0.3 is 4.74 Å². The van der Waals surface area contributed by atoms with Gasteiger partial charge in [-0.05, 0) is 52.8 Å². The maximum absolute atomic E-state index is 5.72. The average molecular weight is 274 g/mol. The molecule has 2 aromatic rings. The van der Waals surface area contributed by atoms with Gasteiger partial charge in [0, 0.05) is 6.04 Å². The van der Waals surface area contributed by atoms with Gasteiger partial charge in [0.1, 0.15) is 5.75 Å². The van der Waals surface area contributed by atoms with Crippen molar-refractivity contribution in [2.24, 2.45) is 5.84 Å². The molecule has 2 unspecified atom stereocenters. The van der Waals surface area contributed by atoms with E-state index in [1.165, 1.54) is 11.1 Å². The zero-order valence-corrected chi connectivity index (χ0v) is 11.5. The number of benzene rings is 1. The predicted octanol–water partition coefficient (Wildman–Crippen LogP) is 3.21. The average Bonchev–Trinajstić information content (AvgIpc) is 2.99. The first-order chi connectivity index (χ1) is 9.38. The van der Waals surface area contributed by atoms with Crippen LogP contribution in [-0.2, 0) is 0 Å². The molecule has 0 saturated carbocycles. The van der Waals surface area contributed by atoms with Crippen LogP contribution in [0.2, 0.25) is 0 Å². The van der Waals surface area contributed by atoms with E-state index in [0.29, 0.717) is 5.92 Å². The summed E-state index contributed by atoms with van der Waals surface area (Å²) in [4.78, 5) is 0. The Morgan fingerprint density at radius 1 is 1.37 bits per heavy atom. The van der Waals surface area contributed by atoms with Crippen LogP contribution in [0, 0.1) is 0 Å². The molecule has 100 valence electrons. The van der Waals surface area contributed by atoms with Crippen molar-refractivity contribution in [3.05, 3.63) is 52.2 Å². The van der Waals surface area contributed by atoms with Crippen molar-refractivity contribution in [1.29, 1.82) is 0 Å². The van der Waals surface area contributed by atoms with Crippen molar-refractivity contribution in [2.45, 2.75) is 24.8 Å². The quantitative estimate of drug-likeness (QED) is 0.665. The van der Waals surface area contributed by atoms with E-state index < -0.39 is 0 Å². The first-order valence-electron chi connectivity index (χ1n) is 6.58. The molecule has 3 N–H and O–H groups in total. The van der Waals surface area contributed by atoms with Crippen LogP contribution >= 0.6 is 11.3 Å². The van der Waals surface area contributed by atoms with E-state index in [4.69, 9.17) is 10.6 Å². The van der Waals surface area contributed by atoms with Crippen molar-refractivity contribution < 1.29 is 4.74 Å². The normalized spacial score (nSPS) is 19.5. The van der Waals surface area contributed by atoms with Gasteiger partial charge in [-0.3, -0.25) is 11.3 Å². The first-order valence-corrected chi connectivity index (χ1v) is 7.52. The Balaban J connectivity index is 1.80. The predicted molar refractivity (Wildman–Crippen MR) is 78.3 cm³/mol. The topological polar surface area (TPSA) is 47.3 Å². The van der Waals surface area contributed by atoms with Crippen molar-refractivity contribution in [2.75, 3.05) is 6.61 Å².